The van der Waals surface area contributed by atoms with Gasteiger partial charge in [0.15, 0.2) is 0 Å². The zero-order chi connectivity index (χ0) is 15.6. The monoisotopic (exact) mass is 295 g/mol. The Labute approximate surface area is 125 Å². The Kier molecular flexibility index (Phi) is 4.68. The molecule has 1 saturated heterocycles. The average Bonchev–Trinajstić information content (AvgIpc) is 2.63. The van der Waals surface area contributed by atoms with Crippen LogP contribution in [-0.4, -0.2) is 56.1 Å². The summed E-state index contributed by atoms with van der Waals surface area (Å²) >= 11 is 0. The largest absolute Gasteiger partial charge is 0.393 e. The van der Waals surface area contributed by atoms with E-state index in [0.717, 1.165) is 17.9 Å². The van der Waals surface area contributed by atoms with Crippen molar-refractivity contribution in [3.05, 3.63) is 17.0 Å². The van der Waals surface area contributed by atoms with E-state index in [4.69, 9.17) is 0 Å². The molecule has 1 aromatic rings. The number of carbonyl (C=O) groups is 1. The van der Waals surface area contributed by atoms with Crippen LogP contribution in [0.25, 0.3) is 0 Å². The van der Waals surface area contributed by atoms with Crippen molar-refractivity contribution in [1.29, 1.82) is 0 Å². The molecule has 118 valence electrons. The normalized spacial score (nSPS) is 23.2. The standard InChI is InChI=1S/C15H25N3O3/c1-4-18-12(3)13(11(2)16-18)14(20)17-8-5-6-15(21,10-19)7-9-17/h19,21H,4-10H2,1-3H3. The number of hydrogen-bond donors (Lipinski definition) is 2. The van der Waals surface area contributed by atoms with Crippen molar-refractivity contribution in [3.63, 3.8) is 0 Å². The van der Waals surface area contributed by atoms with Gasteiger partial charge in [0.25, 0.3) is 5.91 Å². The highest BCUT2D eigenvalue weighted by molar-refractivity contribution is 5.96. The smallest absolute Gasteiger partial charge is 0.257 e. The van der Waals surface area contributed by atoms with Crippen LogP contribution in [0, 0.1) is 13.8 Å². The molecule has 2 rings (SSSR count). The van der Waals surface area contributed by atoms with Crippen LogP contribution in [0.3, 0.4) is 0 Å². The predicted molar refractivity (Wildman–Crippen MR) is 79.2 cm³/mol. The molecule has 0 aromatic carbocycles. The summed E-state index contributed by atoms with van der Waals surface area (Å²) in [6, 6.07) is 0. The van der Waals surface area contributed by atoms with E-state index in [1.54, 1.807) is 4.90 Å². The number of aromatic nitrogens is 2. The van der Waals surface area contributed by atoms with Gasteiger partial charge in [-0.15, -0.1) is 0 Å². The Morgan fingerprint density at radius 1 is 1.33 bits per heavy atom. The van der Waals surface area contributed by atoms with Gasteiger partial charge in [-0.1, -0.05) is 0 Å². The zero-order valence-electron chi connectivity index (χ0n) is 13.1. The summed E-state index contributed by atoms with van der Waals surface area (Å²) in [6.45, 7) is 7.34. The Morgan fingerprint density at radius 2 is 2.05 bits per heavy atom. The molecule has 1 aromatic heterocycles. The van der Waals surface area contributed by atoms with Gasteiger partial charge in [0, 0.05) is 25.3 Å². The number of aliphatic hydroxyl groups excluding tert-OH is 1. The molecular formula is C15H25N3O3. The topological polar surface area (TPSA) is 78.6 Å². The maximum Gasteiger partial charge on any atom is 0.257 e. The Bertz CT molecular complexity index is 526. The minimum absolute atomic E-state index is 0.0214. The summed E-state index contributed by atoms with van der Waals surface area (Å²) in [5, 5.41) is 23.8. The number of hydrogen-bond acceptors (Lipinski definition) is 4. The van der Waals surface area contributed by atoms with Gasteiger partial charge in [-0.3, -0.25) is 9.48 Å². The summed E-state index contributed by atoms with van der Waals surface area (Å²) in [7, 11) is 0. The van der Waals surface area contributed by atoms with Gasteiger partial charge in [0.2, 0.25) is 0 Å². The van der Waals surface area contributed by atoms with E-state index in [1.807, 2.05) is 25.5 Å². The molecule has 1 unspecified atom stereocenters. The van der Waals surface area contributed by atoms with E-state index in [0.29, 0.717) is 37.9 Å². The lowest BCUT2D eigenvalue weighted by Gasteiger charge is -2.24. The maximum atomic E-state index is 12.8. The second-order valence-electron chi connectivity index (χ2n) is 5.89. The highest BCUT2D eigenvalue weighted by Crippen LogP contribution is 2.24. The molecule has 1 amide bonds. The van der Waals surface area contributed by atoms with Crippen LogP contribution in [0.1, 0.15) is 47.9 Å². The summed E-state index contributed by atoms with van der Waals surface area (Å²) < 4.78 is 1.84. The van der Waals surface area contributed by atoms with E-state index >= 15 is 0 Å². The SMILES string of the molecule is CCn1nc(C)c(C(=O)N2CCCC(O)(CO)CC2)c1C. The van der Waals surface area contributed by atoms with Crippen LogP contribution in [0.4, 0.5) is 0 Å². The third-order valence-corrected chi connectivity index (χ3v) is 4.39. The lowest BCUT2D eigenvalue weighted by atomic mass is 9.96. The molecule has 2 heterocycles. The van der Waals surface area contributed by atoms with Gasteiger partial charge in [0.05, 0.1) is 23.5 Å². The summed E-state index contributed by atoms with van der Waals surface area (Å²) in [5.41, 5.74) is 1.26. The number of aryl methyl sites for hydroxylation is 2. The van der Waals surface area contributed by atoms with E-state index in [1.165, 1.54) is 0 Å². The van der Waals surface area contributed by atoms with E-state index in [9.17, 15) is 15.0 Å². The average molecular weight is 295 g/mol. The van der Waals surface area contributed by atoms with Crippen molar-refractivity contribution in [2.45, 2.75) is 52.2 Å². The van der Waals surface area contributed by atoms with Crippen molar-refractivity contribution in [2.24, 2.45) is 0 Å². The van der Waals surface area contributed by atoms with Gasteiger partial charge < -0.3 is 15.1 Å². The molecule has 21 heavy (non-hydrogen) atoms. The number of aliphatic hydroxyl groups is 2. The van der Waals surface area contributed by atoms with Crippen LogP contribution in [0.15, 0.2) is 0 Å². The fourth-order valence-electron chi connectivity index (χ4n) is 3.01. The first kappa shape index (κ1) is 16.0. The predicted octanol–water partition coefficient (Wildman–Crippen LogP) is 0.869. The molecule has 1 fully saturated rings. The highest BCUT2D eigenvalue weighted by atomic mass is 16.3. The quantitative estimate of drug-likeness (QED) is 0.867. The second-order valence-corrected chi connectivity index (χ2v) is 5.89. The minimum Gasteiger partial charge on any atom is -0.393 e. The van der Waals surface area contributed by atoms with Crippen LogP contribution < -0.4 is 0 Å². The summed E-state index contributed by atoms with van der Waals surface area (Å²) in [6.07, 6.45) is 1.64. The first-order chi connectivity index (χ1) is 9.91. The van der Waals surface area contributed by atoms with Crippen molar-refractivity contribution in [2.75, 3.05) is 19.7 Å². The minimum atomic E-state index is -1.05. The molecule has 6 nitrogen and oxygen atoms in total. The molecule has 1 atom stereocenters. The lowest BCUT2D eigenvalue weighted by molar-refractivity contribution is -0.0250. The van der Waals surface area contributed by atoms with Crippen LogP contribution in [0.5, 0.6) is 0 Å². The molecule has 0 aliphatic carbocycles. The molecule has 2 N–H and O–H groups in total. The lowest BCUT2D eigenvalue weighted by Crippen LogP contribution is -2.36. The first-order valence-corrected chi connectivity index (χ1v) is 7.58. The van der Waals surface area contributed by atoms with Crippen molar-refractivity contribution >= 4 is 5.91 Å². The molecule has 0 bridgehead atoms. The van der Waals surface area contributed by atoms with Crippen LogP contribution in [0.2, 0.25) is 0 Å². The maximum absolute atomic E-state index is 12.8. The van der Waals surface area contributed by atoms with Crippen molar-refractivity contribution in [3.8, 4) is 0 Å². The number of nitrogens with zero attached hydrogens (tertiary/aromatic N) is 3. The van der Waals surface area contributed by atoms with E-state index in [2.05, 4.69) is 5.10 Å². The second kappa shape index (κ2) is 6.15. The fourth-order valence-corrected chi connectivity index (χ4v) is 3.01. The first-order valence-electron chi connectivity index (χ1n) is 7.58. The molecule has 0 radical (unpaired) electrons. The molecule has 1 aliphatic heterocycles. The molecular weight excluding hydrogens is 270 g/mol. The third kappa shape index (κ3) is 3.11. The van der Waals surface area contributed by atoms with Gasteiger partial charge >= 0.3 is 0 Å². The van der Waals surface area contributed by atoms with Gasteiger partial charge in [-0.2, -0.15) is 5.10 Å². The van der Waals surface area contributed by atoms with E-state index < -0.39 is 5.60 Å². The van der Waals surface area contributed by atoms with Gasteiger partial charge in [-0.05, 0) is 40.0 Å². The molecule has 6 heteroatoms. The number of amides is 1. The molecule has 0 spiro atoms. The summed E-state index contributed by atoms with van der Waals surface area (Å²) in [5.74, 6) is -0.0214. The highest BCUT2D eigenvalue weighted by Gasteiger charge is 2.32. The van der Waals surface area contributed by atoms with Gasteiger partial charge in [0.1, 0.15) is 0 Å². The number of likely N-dealkylation sites (tertiary alicyclic amines) is 1. The summed E-state index contributed by atoms with van der Waals surface area (Å²) in [4.78, 5) is 14.5. The third-order valence-electron chi connectivity index (χ3n) is 4.39. The van der Waals surface area contributed by atoms with Crippen LogP contribution >= 0.6 is 0 Å². The zero-order valence-corrected chi connectivity index (χ0v) is 13.1. The van der Waals surface area contributed by atoms with Crippen molar-refractivity contribution < 1.29 is 15.0 Å². The Balaban J connectivity index is 2.19. The number of rotatable bonds is 3. The van der Waals surface area contributed by atoms with Gasteiger partial charge in [-0.25, -0.2) is 0 Å². The Hall–Kier alpha value is -1.40. The molecule has 0 saturated carbocycles. The Morgan fingerprint density at radius 3 is 2.62 bits per heavy atom. The number of carbonyl (C=O) groups excluding carboxylic acids is 1. The van der Waals surface area contributed by atoms with E-state index in [-0.39, 0.29) is 12.5 Å². The fraction of sp³-hybridized carbons (Fsp3) is 0.733. The van der Waals surface area contributed by atoms with Crippen LogP contribution in [-0.2, 0) is 6.54 Å². The van der Waals surface area contributed by atoms with Crippen molar-refractivity contribution in [1.82, 2.24) is 14.7 Å². The molecule has 1 aliphatic rings.